The second kappa shape index (κ2) is 6.85. The van der Waals surface area contributed by atoms with E-state index in [0.29, 0.717) is 22.7 Å². The van der Waals surface area contributed by atoms with Crippen LogP contribution in [0.25, 0.3) is 33.6 Å². The summed E-state index contributed by atoms with van der Waals surface area (Å²) in [5.74, 6) is 0.821. The van der Waals surface area contributed by atoms with Crippen LogP contribution in [0.1, 0.15) is 13.8 Å². The van der Waals surface area contributed by atoms with Crippen LogP contribution in [0.3, 0.4) is 0 Å². The molecule has 0 saturated heterocycles. The van der Waals surface area contributed by atoms with Gasteiger partial charge >= 0.3 is 5.63 Å². The zero-order chi connectivity index (χ0) is 19.0. The Balaban J connectivity index is 1.85. The molecule has 0 unspecified atom stereocenters. The maximum atomic E-state index is 12.6. The Labute approximate surface area is 155 Å². The molecule has 2 aliphatic rings. The van der Waals surface area contributed by atoms with E-state index in [1.165, 1.54) is 17.0 Å². The third-order valence-electron chi connectivity index (χ3n) is 4.88. The van der Waals surface area contributed by atoms with Crippen molar-refractivity contribution in [3.05, 3.63) is 75.2 Å². The number of nitrogens with one attached hydrogen (secondary N) is 1. The molecule has 0 radical (unpaired) electrons. The molecule has 0 atom stereocenters. The van der Waals surface area contributed by atoms with Gasteiger partial charge in [0.1, 0.15) is 28.4 Å². The van der Waals surface area contributed by atoms with Gasteiger partial charge in [-0.2, -0.15) is 0 Å². The van der Waals surface area contributed by atoms with Gasteiger partial charge in [-0.25, -0.2) is 4.79 Å². The topological polar surface area (TPSA) is 64.9 Å². The van der Waals surface area contributed by atoms with Crippen LogP contribution in [0.5, 0.6) is 0 Å². The van der Waals surface area contributed by atoms with E-state index >= 15 is 0 Å². The van der Waals surface area contributed by atoms with Crippen molar-refractivity contribution < 1.29 is 13.7 Å². The summed E-state index contributed by atoms with van der Waals surface area (Å²) in [5.41, 5.74) is 2.19. The van der Waals surface area contributed by atoms with Crippen molar-refractivity contribution >= 4 is 16.7 Å². The van der Waals surface area contributed by atoms with Gasteiger partial charge in [0.05, 0.1) is 13.1 Å². The van der Waals surface area contributed by atoms with Crippen LogP contribution in [0.15, 0.2) is 73.0 Å². The number of fused-ring (bicyclic) bond motifs is 2. The lowest BCUT2D eigenvalue weighted by atomic mass is 10.1. The smallest absolute Gasteiger partial charge is 0.347 e. The third-order valence-corrected chi connectivity index (χ3v) is 4.88. The van der Waals surface area contributed by atoms with E-state index in [2.05, 4.69) is 19.9 Å². The minimum absolute atomic E-state index is 0.139. The number of rotatable bonds is 4. The van der Waals surface area contributed by atoms with Crippen LogP contribution in [0, 0.1) is 0 Å². The molecule has 1 aliphatic heterocycles. The molecule has 0 bridgehead atoms. The number of benzene rings is 2. The molecule has 5 nitrogen and oxygen atoms in total. The normalized spacial score (nSPS) is 11.5. The van der Waals surface area contributed by atoms with Crippen LogP contribution in [0.2, 0.25) is 0 Å². The van der Waals surface area contributed by atoms with Gasteiger partial charge in [0.15, 0.2) is 5.43 Å². The first-order valence-electron chi connectivity index (χ1n) is 9.06. The van der Waals surface area contributed by atoms with Crippen LogP contribution < -0.4 is 16.0 Å². The predicted octanol–water partition coefficient (Wildman–Crippen LogP) is 3.07. The zero-order valence-corrected chi connectivity index (χ0v) is 15.2. The Morgan fingerprint density at radius 1 is 0.815 bits per heavy atom. The SMILES string of the molecule is CC[NH+](CC)c1ccc2cc(-c3ccc4ccc(=O)cc-4o3)c(=O)oc2c1. The summed E-state index contributed by atoms with van der Waals surface area (Å²) in [6.07, 6.45) is 0. The fourth-order valence-corrected chi connectivity index (χ4v) is 3.36. The van der Waals surface area contributed by atoms with Crippen LogP contribution in [-0.2, 0) is 0 Å². The lowest BCUT2D eigenvalue weighted by Crippen LogP contribution is -3.06. The predicted molar refractivity (Wildman–Crippen MR) is 105 cm³/mol. The van der Waals surface area contributed by atoms with Crippen molar-refractivity contribution in [2.45, 2.75) is 13.8 Å². The van der Waals surface area contributed by atoms with E-state index in [1.54, 1.807) is 18.2 Å². The van der Waals surface area contributed by atoms with Crippen molar-refractivity contribution in [2.24, 2.45) is 0 Å². The molecule has 0 spiro atoms. The van der Waals surface area contributed by atoms with E-state index in [0.717, 1.165) is 29.7 Å². The van der Waals surface area contributed by atoms with Crippen LogP contribution in [0.4, 0.5) is 5.69 Å². The molecule has 1 aromatic heterocycles. The average molecular weight is 362 g/mol. The van der Waals surface area contributed by atoms with Crippen LogP contribution in [-0.4, -0.2) is 13.1 Å². The largest absolute Gasteiger partial charge is 0.456 e. The Morgan fingerprint density at radius 3 is 2.37 bits per heavy atom. The summed E-state index contributed by atoms with van der Waals surface area (Å²) < 4.78 is 11.4. The van der Waals surface area contributed by atoms with Gasteiger partial charge in [-0.1, -0.05) is 0 Å². The molecule has 2 aromatic rings. The maximum Gasteiger partial charge on any atom is 0.347 e. The van der Waals surface area contributed by atoms with Gasteiger partial charge in [-0.05, 0) is 56.3 Å². The van der Waals surface area contributed by atoms with Crippen LogP contribution >= 0.6 is 0 Å². The first kappa shape index (κ1) is 17.2. The quantitative estimate of drug-likeness (QED) is 0.567. The van der Waals surface area contributed by atoms with Gasteiger partial charge in [0, 0.05) is 23.1 Å². The Morgan fingerprint density at radius 2 is 1.59 bits per heavy atom. The molecule has 1 aromatic carbocycles. The molecular formula is C22H20NO4+. The molecule has 1 aliphatic carbocycles. The second-order valence-corrected chi connectivity index (χ2v) is 6.51. The molecule has 5 heteroatoms. The standard InChI is InChI=1S/C22H19NO4/c1-3-23(4-2)16-8-5-15-11-18(22(25)27-20(15)12-16)19-10-7-14-6-9-17(24)13-21(14)26-19/h5-13H,3-4H2,1-2H3/p+1. The molecule has 0 amide bonds. The summed E-state index contributed by atoms with van der Waals surface area (Å²) in [5, 5.41) is 0.827. The summed E-state index contributed by atoms with van der Waals surface area (Å²) in [6, 6.07) is 15.8. The summed E-state index contributed by atoms with van der Waals surface area (Å²) >= 11 is 0. The Kier molecular flexibility index (Phi) is 4.38. The van der Waals surface area contributed by atoms with Gasteiger partial charge < -0.3 is 13.7 Å². The molecule has 2 heterocycles. The Bertz CT molecular complexity index is 1200. The van der Waals surface area contributed by atoms with E-state index in [-0.39, 0.29) is 5.43 Å². The van der Waals surface area contributed by atoms with E-state index in [4.69, 9.17) is 8.83 Å². The number of hydrogen-bond acceptors (Lipinski definition) is 4. The Hall–Kier alpha value is -3.18. The van der Waals surface area contributed by atoms with Gasteiger partial charge in [0.25, 0.3) is 0 Å². The van der Waals surface area contributed by atoms with Crippen molar-refractivity contribution in [1.82, 2.24) is 0 Å². The highest BCUT2D eigenvalue weighted by atomic mass is 16.4. The first-order chi connectivity index (χ1) is 13.1. The van der Waals surface area contributed by atoms with Crippen molar-refractivity contribution in [1.29, 1.82) is 0 Å². The second-order valence-electron chi connectivity index (χ2n) is 6.51. The fraction of sp³-hybridized carbons (Fsp3) is 0.182. The van der Waals surface area contributed by atoms with Gasteiger partial charge in [-0.15, -0.1) is 0 Å². The summed E-state index contributed by atoms with van der Waals surface area (Å²) in [7, 11) is 0. The molecule has 4 rings (SSSR count). The lowest BCUT2D eigenvalue weighted by molar-refractivity contribution is -0.828. The third kappa shape index (κ3) is 3.17. The summed E-state index contributed by atoms with van der Waals surface area (Å²) in [4.78, 5) is 25.4. The van der Waals surface area contributed by atoms with Crippen molar-refractivity contribution in [3.63, 3.8) is 0 Å². The lowest BCUT2D eigenvalue weighted by Gasteiger charge is -2.15. The van der Waals surface area contributed by atoms with Crippen molar-refractivity contribution in [3.8, 4) is 22.6 Å². The molecule has 27 heavy (non-hydrogen) atoms. The zero-order valence-electron chi connectivity index (χ0n) is 15.2. The van der Waals surface area contributed by atoms with E-state index in [1.807, 2.05) is 18.2 Å². The molecule has 0 fully saturated rings. The molecular weight excluding hydrogens is 342 g/mol. The molecule has 136 valence electrons. The van der Waals surface area contributed by atoms with Crippen molar-refractivity contribution in [2.75, 3.05) is 13.1 Å². The highest BCUT2D eigenvalue weighted by Crippen LogP contribution is 2.28. The maximum absolute atomic E-state index is 12.6. The van der Waals surface area contributed by atoms with Gasteiger partial charge in [0.2, 0.25) is 0 Å². The minimum atomic E-state index is -0.462. The first-order valence-corrected chi connectivity index (χ1v) is 9.06. The van der Waals surface area contributed by atoms with E-state index < -0.39 is 5.63 Å². The molecule has 0 saturated carbocycles. The monoisotopic (exact) mass is 362 g/mol. The number of quaternary nitrogens is 1. The van der Waals surface area contributed by atoms with Gasteiger partial charge in [-0.3, -0.25) is 4.79 Å². The minimum Gasteiger partial charge on any atom is -0.456 e. The molecule has 1 N–H and O–H groups in total. The van der Waals surface area contributed by atoms with E-state index in [9.17, 15) is 9.59 Å². The average Bonchev–Trinajstić information content (AvgIpc) is 2.67. The number of hydrogen-bond donors (Lipinski definition) is 1. The fourth-order valence-electron chi connectivity index (χ4n) is 3.36. The summed E-state index contributed by atoms with van der Waals surface area (Å²) in [6.45, 7) is 6.16. The highest BCUT2D eigenvalue weighted by Gasteiger charge is 2.15. The highest BCUT2D eigenvalue weighted by molar-refractivity contribution is 5.82.